The first-order valence-electron chi connectivity index (χ1n) is 5.31. The largest absolute Gasteiger partial charge is 0.477 e. The van der Waals surface area contributed by atoms with E-state index in [1.807, 2.05) is 6.92 Å². The minimum absolute atomic E-state index is 0.00363. The zero-order valence-corrected chi connectivity index (χ0v) is 10.3. The van der Waals surface area contributed by atoms with Gasteiger partial charge in [0.15, 0.2) is 5.82 Å². The molecule has 0 aliphatic carbocycles. The van der Waals surface area contributed by atoms with Crippen LogP contribution in [0.4, 0.5) is 5.82 Å². The van der Waals surface area contributed by atoms with Gasteiger partial charge in [0.25, 0.3) is 0 Å². The van der Waals surface area contributed by atoms with Crippen LogP contribution in [-0.2, 0) is 0 Å². The van der Waals surface area contributed by atoms with Gasteiger partial charge in [-0.1, -0.05) is 0 Å². The van der Waals surface area contributed by atoms with Gasteiger partial charge < -0.3 is 10.8 Å². The molecule has 0 aromatic carbocycles. The number of carbonyl (C=O) groups is 1. The smallest absolute Gasteiger partial charge is 0.341 e. The number of aryl methyl sites for hydroxylation is 3. The lowest BCUT2D eigenvalue weighted by atomic mass is 10.2. The van der Waals surface area contributed by atoms with E-state index in [0.29, 0.717) is 17.3 Å². The van der Waals surface area contributed by atoms with Gasteiger partial charge in [-0.15, -0.1) is 0 Å². The number of carboxylic acid groups (broad SMARTS) is 1. The van der Waals surface area contributed by atoms with Crippen molar-refractivity contribution in [2.45, 2.75) is 20.8 Å². The molecule has 0 saturated heterocycles. The van der Waals surface area contributed by atoms with Crippen LogP contribution in [0.15, 0.2) is 6.07 Å². The fourth-order valence-corrected chi connectivity index (χ4v) is 1.79. The van der Waals surface area contributed by atoms with Crippen molar-refractivity contribution in [2.24, 2.45) is 0 Å². The highest BCUT2D eigenvalue weighted by molar-refractivity contribution is 5.94. The summed E-state index contributed by atoms with van der Waals surface area (Å²) in [7, 11) is 0. The van der Waals surface area contributed by atoms with Crippen molar-refractivity contribution in [3.63, 3.8) is 0 Å². The third-order valence-corrected chi connectivity index (χ3v) is 2.48. The van der Waals surface area contributed by atoms with E-state index in [0.717, 1.165) is 5.69 Å². The molecule has 2 heterocycles. The molecule has 0 bridgehead atoms. The van der Waals surface area contributed by atoms with Crippen LogP contribution in [0.25, 0.3) is 5.82 Å². The van der Waals surface area contributed by atoms with Crippen molar-refractivity contribution < 1.29 is 9.90 Å². The zero-order chi connectivity index (χ0) is 13.4. The lowest BCUT2D eigenvalue weighted by Crippen LogP contribution is -2.08. The van der Waals surface area contributed by atoms with Crippen LogP contribution in [0.5, 0.6) is 0 Å². The number of rotatable bonds is 2. The Bertz CT molecular complexity index is 612. The van der Waals surface area contributed by atoms with E-state index in [9.17, 15) is 4.79 Å². The van der Waals surface area contributed by atoms with Crippen LogP contribution in [0.2, 0.25) is 0 Å². The summed E-state index contributed by atoms with van der Waals surface area (Å²) < 4.78 is 1.32. The van der Waals surface area contributed by atoms with Crippen molar-refractivity contribution in [1.82, 2.24) is 19.7 Å². The highest BCUT2D eigenvalue weighted by Crippen LogP contribution is 2.19. The number of hydrogen-bond donors (Lipinski definition) is 2. The predicted octanol–water partition coefficient (Wildman–Crippen LogP) is 0.868. The molecule has 0 spiro atoms. The van der Waals surface area contributed by atoms with Gasteiger partial charge in [0.1, 0.15) is 17.2 Å². The molecular formula is C11H13N5O2. The second-order valence-corrected chi connectivity index (χ2v) is 3.98. The predicted molar refractivity (Wildman–Crippen MR) is 64.7 cm³/mol. The molecule has 0 aliphatic rings. The fourth-order valence-electron chi connectivity index (χ4n) is 1.79. The van der Waals surface area contributed by atoms with Crippen LogP contribution >= 0.6 is 0 Å². The summed E-state index contributed by atoms with van der Waals surface area (Å²) in [5, 5.41) is 13.2. The van der Waals surface area contributed by atoms with Crippen LogP contribution in [-0.4, -0.2) is 30.8 Å². The lowest BCUT2D eigenvalue weighted by molar-refractivity contribution is 0.0697. The van der Waals surface area contributed by atoms with E-state index < -0.39 is 5.97 Å². The summed E-state index contributed by atoms with van der Waals surface area (Å²) in [6.45, 7) is 5.17. The van der Waals surface area contributed by atoms with Gasteiger partial charge >= 0.3 is 5.97 Å². The molecule has 0 atom stereocenters. The van der Waals surface area contributed by atoms with E-state index in [1.54, 1.807) is 19.9 Å². The molecule has 0 saturated carbocycles. The highest BCUT2D eigenvalue weighted by Gasteiger charge is 2.20. The van der Waals surface area contributed by atoms with E-state index in [1.165, 1.54) is 4.68 Å². The van der Waals surface area contributed by atoms with Crippen molar-refractivity contribution in [3.05, 3.63) is 28.8 Å². The number of nitrogens with zero attached hydrogens (tertiary/aromatic N) is 4. The monoisotopic (exact) mass is 247 g/mol. The molecule has 2 aromatic rings. The number of nitrogen functional groups attached to an aromatic ring is 1. The van der Waals surface area contributed by atoms with Crippen LogP contribution in [0.3, 0.4) is 0 Å². The van der Waals surface area contributed by atoms with E-state index in [2.05, 4.69) is 15.1 Å². The number of hydrogen-bond acceptors (Lipinski definition) is 5. The van der Waals surface area contributed by atoms with Crippen molar-refractivity contribution in [3.8, 4) is 5.82 Å². The molecule has 7 heteroatoms. The summed E-state index contributed by atoms with van der Waals surface area (Å²) in [6, 6.07) is 1.70. The molecule has 0 fully saturated rings. The van der Waals surface area contributed by atoms with Gasteiger partial charge in [-0.2, -0.15) is 9.78 Å². The standard InChI is InChI=1S/C11H13N5O2/c1-5-4-8(14-7(3)13-5)16-10(12)9(11(17)18)6(2)15-16/h4H,12H2,1-3H3,(H,17,18). The van der Waals surface area contributed by atoms with Gasteiger partial charge in [-0.3, -0.25) is 0 Å². The third-order valence-electron chi connectivity index (χ3n) is 2.48. The van der Waals surface area contributed by atoms with Gasteiger partial charge in [0.05, 0.1) is 5.69 Å². The Morgan fingerprint density at radius 1 is 1.33 bits per heavy atom. The van der Waals surface area contributed by atoms with Crippen LogP contribution in [0.1, 0.15) is 27.6 Å². The molecule has 2 aromatic heterocycles. The van der Waals surface area contributed by atoms with Crippen molar-refractivity contribution in [1.29, 1.82) is 0 Å². The SMILES string of the molecule is Cc1cc(-n2nc(C)c(C(=O)O)c2N)nc(C)n1. The Morgan fingerprint density at radius 2 is 2.00 bits per heavy atom. The van der Waals surface area contributed by atoms with E-state index in [4.69, 9.17) is 10.8 Å². The molecular weight excluding hydrogens is 234 g/mol. The summed E-state index contributed by atoms with van der Waals surface area (Å²) in [5.74, 6) is 0.0128. The molecule has 3 N–H and O–H groups in total. The number of aromatic nitrogens is 4. The second-order valence-electron chi connectivity index (χ2n) is 3.98. The van der Waals surface area contributed by atoms with Crippen molar-refractivity contribution >= 4 is 11.8 Å². The Kier molecular flexibility index (Phi) is 2.74. The molecule has 0 amide bonds. The Morgan fingerprint density at radius 3 is 2.50 bits per heavy atom. The van der Waals surface area contributed by atoms with E-state index >= 15 is 0 Å². The summed E-state index contributed by atoms with van der Waals surface area (Å²) in [5.41, 5.74) is 6.92. The molecule has 2 rings (SSSR count). The molecule has 0 radical (unpaired) electrons. The maximum atomic E-state index is 11.1. The summed E-state index contributed by atoms with van der Waals surface area (Å²) >= 11 is 0. The van der Waals surface area contributed by atoms with Gasteiger partial charge in [0, 0.05) is 11.8 Å². The number of anilines is 1. The first kappa shape index (κ1) is 12.0. The molecule has 94 valence electrons. The third kappa shape index (κ3) is 1.90. The zero-order valence-electron chi connectivity index (χ0n) is 10.3. The normalized spacial score (nSPS) is 10.6. The van der Waals surface area contributed by atoms with Crippen molar-refractivity contribution in [2.75, 3.05) is 5.73 Å². The minimum atomic E-state index is -1.10. The molecule has 0 aliphatic heterocycles. The first-order chi connectivity index (χ1) is 8.40. The molecule has 7 nitrogen and oxygen atoms in total. The van der Waals surface area contributed by atoms with Gasteiger partial charge in [0.2, 0.25) is 0 Å². The number of carboxylic acids is 1. The number of aromatic carboxylic acids is 1. The average molecular weight is 247 g/mol. The Balaban J connectivity index is 2.65. The highest BCUT2D eigenvalue weighted by atomic mass is 16.4. The second kappa shape index (κ2) is 4.10. The summed E-state index contributed by atoms with van der Waals surface area (Å²) in [4.78, 5) is 19.4. The lowest BCUT2D eigenvalue weighted by Gasteiger charge is -2.05. The topological polar surface area (TPSA) is 107 Å². The Labute approximate surface area is 103 Å². The molecule has 18 heavy (non-hydrogen) atoms. The fraction of sp³-hybridized carbons (Fsp3) is 0.273. The number of nitrogens with two attached hydrogens (primary N) is 1. The average Bonchev–Trinajstić information content (AvgIpc) is 2.52. The van der Waals surface area contributed by atoms with E-state index in [-0.39, 0.29) is 11.4 Å². The maximum Gasteiger partial charge on any atom is 0.341 e. The van der Waals surface area contributed by atoms with Crippen LogP contribution < -0.4 is 5.73 Å². The quantitative estimate of drug-likeness (QED) is 0.815. The van der Waals surface area contributed by atoms with Gasteiger partial charge in [-0.05, 0) is 20.8 Å². The van der Waals surface area contributed by atoms with Crippen LogP contribution in [0, 0.1) is 20.8 Å². The minimum Gasteiger partial charge on any atom is -0.477 e. The first-order valence-corrected chi connectivity index (χ1v) is 5.31. The summed E-state index contributed by atoms with van der Waals surface area (Å²) in [6.07, 6.45) is 0. The maximum absolute atomic E-state index is 11.1. The Hall–Kier alpha value is -2.44. The molecule has 0 unspecified atom stereocenters. The van der Waals surface area contributed by atoms with Gasteiger partial charge in [-0.25, -0.2) is 14.8 Å².